The van der Waals surface area contributed by atoms with Crippen molar-refractivity contribution in [1.29, 1.82) is 0 Å². The molecular formula is C18H16ClFN4OS2. The number of hydrogen-bond donors (Lipinski definition) is 1. The largest absolute Gasteiger partial charge is 0.341 e. The summed E-state index contributed by atoms with van der Waals surface area (Å²) < 4.78 is 13.6. The number of rotatable bonds is 7. The molecule has 1 N–H and O–H groups in total. The van der Waals surface area contributed by atoms with Crippen molar-refractivity contribution in [3.63, 3.8) is 0 Å². The molecule has 0 saturated heterocycles. The summed E-state index contributed by atoms with van der Waals surface area (Å²) in [4.78, 5) is 14.0. The van der Waals surface area contributed by atoms with Crippen molar-refractivity contribution in [3.8, 4) is 0 Å². The lowest BCUT2D eigenvalue weighted by Gasteiger charge is -2.16. The van der Waals surface area contributed by atoms with E-state index < -0.39 is 0 Å². The van der Waals surface area contributed by atoms with Gasteiger partial charge in [0.15, 0.2) is 4.34 Å². The molecule has 0 atom stereocenters. The van der Waals surface area contributed by atoms with Crippen LogP contribution in [0.3, 0.4) is 0 Å². The summed E-state index contributed by atoms with van der Waals surface area (Å²) in [6, 6.07) is 13.4. The van der Waals surface area contributed by atoms with Gasteiger partial charge in [0.25, 0.3) is 0 Å². The van der Waals surface area contributed by atoms with Crippen molar-refractivity contribution in [1.82, 2.24) is 15.1 Å². The average molecular weight is 423 g/mol. The van der Waals surface area contributed by atoms with Crippen LogP contribution in [0.4, 0.5) is 15.2 Å². The van der Waals surface area contributed by atoms with Gasteiger partial charge in [-0.3, -0.25) is 4.79 Å². The number of nitrogens with zero attached hydrogens (tertiary/aromatic N) is 3. The van der Waals surface area contributed by atoms with Gasteiger partial charge < -0.3 is 10.2 Å². The first-order valence-electron chi connectivity index (χ1n) is 7.97. The molecule has 5 nitrogen and oxygen atoms in total. The van der Waals surface area contributed by atoms with Gasteiger partial charge in [-0.25, -0.2) is 4.39 Å². The van der Waals surface area contributed by atoms with E-state index in [0.29, 0.717) is 21.0 Å². The van der Waals surface area contributed by atoms with Crippen molar-refractivity contribution in [2.45, 2.75) is 10.9 Å². The van der Waals surface area contributed by atoms with Crippen molar-refractivity contribution in [2.75, 3.05) is 18.1 Å². The minimum Gasteiger partial charge on any atom is -0.341 e. The molecule has 0 spiro atoms. The topological polar surface area (TPSA) is 58.1 Å². The maximum absolute atomic E-state index is 12.9. The van der Waals surface area contributed by atoms with Gasteiger partial charge in [-0.05, 0) is 42.0 Å². The zero-order valence-corrected chi connectivity index (χ0v) is 16.7. The number of carbonyl (C=O) groups is 1. The Labute approximate surface area is 169 Å². The van der Waals surface area contributed by atoms with E-state index in [1.165, 1.54) is 35.2 Å². The van der Waals surface area contributed by atoms with Crippen LogP contribution in [0.2, 0.25) is 5.02 Å². The molecule has 9 heteroatoms. The first-order chi connectivity index (χ1) is 13.0. The van der Waals surface area contributed by atoms with E-state index in [0.717, 1.165) is 11.3 Å². The molecule has 0 aliphatic heterocycles. The number of aromatic nitrogens is 2. The minimum absolute atomic E-state index is 0.0109. The fraction of sp³-hybridized carbons (Fsp3) is 0.167. The maximum Gasteiger partial charge on any atom is 0.233 e. The zero-order valence-electron chi connectivity index (χ0n) is 14.4. The molecule has 1 amide bonds. The number of benzene rings is 2. The van der Waals surface area contributed by atoms with Crippen LogP contribution in [-0.2, 0) is 11.3 Å². The molecule has 3 aromatic rings. The highest BCUT2D eigenvalue weighted by atomic mass is 35.5. The third-order valence-corrected chi connectivity index (χ3v) is 5.75. The molecule has 3 rings (SSSR count). The van der Waals surface area contributed by atoms with Gasteiger partial charge in [0.1, 0.15) is 5.82 Å². The molecule has 140 valence electrons. The first-order valence-corrected chi connectivity index (χ1v) is 10.1. The summed E-state index contributed by atoms with van der Waals surface area (Å²) in [6.07, 6.45) is 0. The van der Waals surface area contributed by atoms with Crippen LogP contribution in [0, 0.1) is 5.82 Å². The van der Waals surface area contributed by atoms with E-state index in [2.05, 4.69) is 15.5 Å². The lowest BCUT2D eigenvalue weighted by molar-refractivity contribution is -0.127. The number of anilines is 2. The zero-order chi connectivity index (χ0) is 19.2. The molecule has 2 aromatic carbocycles. The summed E-state index contributed by atoms with van der Waals surface area (Å²) in [5.41, 5.74) is 1.70. The van der Waals surface area contributed by atoms with E-state index >= 15 is 0 Å². The first kappa shape index (κ1) is 19.6. The second-order valence-corrected chi connectivity index (χ2v) is 8.31. The monoisotopic (exact) mass is 422 g/mol. The minimum atomic E-state index is -0.297. The van der Waals surface area contributed by atoms with Crippen LogP contribution < -0.4 is 5.32 Å². The summed E-state index contributed by atoms with van der Waals surface area (Å²) in [5.74, 6) is -0.0416. The van der Waals surface area contributed by atoms with Crippen molar-refractivity contribution < 1.29 is 9.18 Å². The van der Waals surface area contributed by atoms with Crippen LogP contribution >= 0.6 is 34.7 Å². The SMILES string of the molecule is CN(Cc1cccc(Cl)c1)C(=O)CSc1nnc(Nc2ccc(F)cc2)s1. The second-order valence-electron chi connectivity index (χ2n) is 5.67. The lowest BCUT2D eigenvalue weighted by atomic mass is 10.2. The van der Waals surface area contributed by atoms with Gasteiger partial charge in [-0.2, -0.15) is 0 Å². The van der Waals surface area contributed by atoms with Crippen LogP contribution in [0.5, 0.6) is 0 Å². The summed E-state index contributed by atoms with van der Waals surface area (Å²) in [6.45, 7) is 0.493. The molecule has 0 aliphatic carbocycles. The van der Waals surface area contributed by atoms with Gasteiger partial charge in [0.2, 0.25) is 11.0 Å². The van der Waals surface area contributed by atoms with E-state index in [1.54, 1.807) is 30.1 Å². The average Bonchev–Trinajstić information content (AvgIpc) is 3.09. The molecule has 0 saturated carbocycles. The predicted molar refractivity (Wildman–Crippen MR) is 108 cm³/mol. The molecule has 27 heavy (non-hydrogen) atoms. The molecule has 0 aliphatic rings. The highest BCUT2D eigenvalue weighted by molar-refractivity contribution is 8.01. The molecule has 1 heterocycles. The van der Waals surface area contributed by atoms with Crippen LogP contribution in [0.25, 0.3) is 0 Å². The van der Waals surface area contributed by atoms with E-state index in [-0.39, 0.29) is 17.5 Å². The Morgan fingerprint density at radius 1 is 1.26 bits per heavy atom. The van der Waals surface area contributed by atoms with Crippen LogP contribution in [0.15, 0.2) is 52.9 Å². The quantitative estimate of drug-likeness (QED) is 0.553. The Morgan fingerprint density at radius 2 is 2.04 bits per heavy atom. The predicted octanol–water partition coefficient (Wildman–Crippen LogP) is 4.82. The Balaban J connectivity index is 1.50. The summed E-state index contributed by atoms with van der Waals surface area (Å²) >= 11 is 8.64. The maximum atomic E-state index is 12.9. The molecule has 0 fully saturated rings. The molecule has 0 unspecified atom stereocenters. The highest BCUT2D eigenvalue weighted by Gasteiger charge is 2.13. The lowest BCUT2D eigenvalue weighted by Crippen LogP contribution is -2.27. The van der Waals surface area contributed by atoms with Crippen LogP contribution in [-0.4, -0.2) is 33.8 Å². The molecule has 0 radical (unpaired) electrons. The smallest absolute Gasteiger partial charge is 0.233 e. The standard InChI is InChI=1S/C18H16ClFN4OS2/c1-24(10-12-3-2-4-13(19)9-12)16(25)11-26-18-23-22-17(27-18)21-15-7-5-14(20)6-8-15/h2-9H,10-11H2,1H3,(H,21,22). The Bertz CT molecular complexity index is 920. The van der Waals surface area contributed by atoms with Crippen molar-refractivity contribution >= 4 is 51.4 Å². The van der Waals surface area contributed by atoms with Crippen molar-refractivity contribution in [2.24, 2.45) is 0 Å². The molecule has 1 aromatic heterocycles. The molecule has 0 bridgehead atoms. The Morgan fingerprint density at radius 3 is 2.78 bits per heavy atom. The van der Waals surface area contributed by atoms with Gasteiger partial charge in [-0.15, -0.1) is 10.2 Å². The fourth-order valence-electron chi connectivity index (χ4n) is 2.21. The Kier molecular flexibility index (Phi) is 6.65. The number of halogens is 2. The van der Waals surface area contributed by atoms with E-state index in [4.69, 9.17) is 11.6 Å². The number of hydrogen-bond acceptors (Lipinski definition) is 6. The van der Waals surface area contributed by atoms with Crippen molar-refractivity contribution in [3.05, 3.63) is 64.9 Å². The van der Waals surface area contributed by atoms with Crippen LogP contribution in [0.1, 0.15) is 5.56 Å². The van der Waals surface area contributed by atoms with E-state index in [9.17, 15) is 9.18 Å². The number of thioether (sulfide) groups is 1. The normalized spacial score (nSPS) is 10.6. The Hall–Kier alpha value is -2.16. The highest BCUT2D eigenvalue weighted by Crippen LogP contribution is 2.28. The van der Waals surface area contributed by atoms with Gasteiger partial charge in [0, 0.05) is 24.3 Å². The summed E-state index contributed by atoms with van der Waals surface area (Å²) in [5, 5.41) is 12.4. The third-order valence-electron chi connectivity index (χ3n) is 3.56. The summed E-state index contributed by atoms with van der Waals surface area (Å²) in [7, 11) is 1.76. The van der Waals surface area contributed by atoms with Gasteiger partial charge in [-0.1, -0.05) is 46.8 Å². The van der Waals surface area contributed by atoms with Gasteiger partial charge in [0.05, 0.1) is 5.75 Å². The number of nitrogens with one attached hydrogen (secondary N) is 1. The fourth-order valence-corrected chi connectivity index (χ4v) is 4.13. The van der Waals surface area contributed by atoms with Gasteiger partial charge >= 0.3 is 0 Å². The number of carbonyl (C=O) groups excluding carboxylic acids is 1. The molecular weight excluding hydrogens is 407 g/mol. The second kappa shape index (κ2) is 9.16. The van der Waals surface area contributed by atoms with E-state index in [1.807, 2.05) is 18.2 Å². The third kappa shape index (κ3) is 5.92. The number of amides is 1.